The number of phenols is 1. The Hall–Kier alpha value is -3.51. The van der Waals surface area contributed by atoms with Crippen LogP contribution in [0.3, 0.4) is 0 Å². The fourth-order valence-corrected chi connectivity index (χ4v) is 3.70. The van der Waals surface area contributed by atoms with Crippen LogP contribution in [-0.2, 0) is 0 Å². The largest absolute Gasteiger partial charge is 0.507 e. The van der Waals surface area contributed by atoms with Crippen LogP contribution in [0.15, 0.2) is 71.1 Å². The summed E-state index contributed by atoms with van der Waals surface area (Å²) in [5.41, 5.74) is 5.93. The number of carbonyl (C=O) groups excluding carboxylic acids is 1. The summed E-state index contributed by atoms with van der Waals surface area (Å²) in [5.74, 6) is -0.219. The molecule has 6 heteroatoms. The SMILES string of the molecule is Cc1ccsc1/C=N/NC(=O)c1cc(-c2ccccc2O)nc2ccccc12. The second-order valence-corrected chi connectivity index (χ2v) is 7.20. The first kappa shape index (κ1) is 17.9. The first-order valence-corrected chi connectivity index (χ1v) is 9.57. The molecular formula is C22H17N3O2S. The highest BCUT2D eigenvalue weighted by molar-refractivity contribution is 7.11. The average Bonchev–Trinajstić information content (AvgIpc) is 3.12. The van der Waals surface area contributed by atoms with Crippen molar-refractivity contribution in [1.29, 1.82) is 0 Å². The van der Waals surface area contributed by atoms with E-state index in [0.29, 0.717) is 22.3 Å². The fourth-order valence-electron chi connectivity index (χ4n) is 2.92. The van der Waals surface area contributed by atoms with Crippen LogP contribution in [0.1, 0.15) is 20.8 Å². The van der Waals surface area contributed by atoms with Gasteiger partial charge in [0, 0.05) is 15.8 Å². The van der Waals surface area contributed by atoms with Crippen molar-refractivity contribution in [2.45, 2.75) is 6.92 Å². The number of fused-ring (bicyclic) bond motifs is 1. The lowest BCUT2D eigenvalue weighted by Crippen LogP contribution is -2.18. The van der Waals surface area contributed by atoms with Crippen LogP contribution in [-0.4, -0.2) is 22.2 Å². The third kappa shape index (κ3) is 3.50. The van der Waals surface area contributed by atoms with Crippen LogP contribution in [0.5, 0.6) is 5.75 Å². The molecule has 2 aromatic carbocycles. The number of phenolic OH excluding ortho intramolecular Hbond substituents is 1. The topological polar surface area (TPSA) is 74.6 Å². The molecule has 138 valence electrons. The summed E-state index contributed by atoms with van der Waals surface area (Å²) in [4.78, 5) is 18.4. The van der Waals surface area contributed by atoms with Crippen LogP contribution in [0.2, 0.25) is 0 Å². The molecule has 0 unspecified atom stereocenters. The third-order valence-corrected chi connectivity index (χ3v) is 5.34. The first-order valence-electron chi connectivity index (χ1n) is 8.69. The number of nitrogens with zero attached hydrogens (tertiary/aromatic N) is 2. The van der Waals surface area contributed by atoms with Crippen molar-refractivity contribution in [3.05, 3.63) is 82.0 Å². The van der Waals surface area contributed by atoms with Gasteiger partial charge in [0.1, 0.15) is 5.75 Å². The van der Waals surface area contributed by atoms with Crippen molar-refractivity contribution in [2.24, 2.45) is 5.10 Å². The lowest BCUT2D eigenvalue weighted by atomic mass is 10.0. The molecule has 2 N–H and O–H groups in total. The van der Waals surface area contributed by atoms with Crippen molar-refractivity contribution >= 4 is 34.4 Å². The number of aromatic nitrogens is 1. The Kier molecular flexibility index (Phi) is 4.87. The lowest BCUT2D eigenvalue weighted by molar-refractivity contribution is 0.0956. The van der Waals surface area contributed by atoms with E-state index in [4.69, 9.17) is 0 Å². The zero-order chi connectivity index (χ0) is 19.5. The summed E-state index contributed by atoms with van der Waals surface area (Å²) in [6.45, 7) is 1.99. The van der Waals surface area contributed by atoms with Gasteiger partial charge in [0.15, 0.2) is 0 Å². The summed E-state index contributed by atoms with van der Waals surface area (Å²) < 4.78 is 0. The Morgan fingerprint density at radius 3 is 2.71 bits per heavy atom. The molecule has 4 rings (SSSR count). The number of thiophene rings is 1. The summed E-state index contributed by atoms with van der Waals surface area (Å²) in [7, 11) is 0. The number of rotatable bonds is 4. The number of para-hydroxylation sites is 2. The summed E-state index contributed by atoms with van der Waals surface area (Å²) in [6.07, 6.45) is 1.64. The van der Waals surface area contributed by atoms with Gasteiger partial charge in [-0.3, -0.25) is 4.79 Å². The standard InChI is InChI=1S/C22H17N3O2S/c1-14-10-11-28-21(14)13-23-25-22(27)17-12-19(16-7-3-5-9-20(16)26)24-18-8-4-2-6-15(17)18/h2-13,26H,1H3,(H,25,27)/b23-13+. The Bertz CT molecular complexity index is 1200. The lowest BCUT2D eigenvalue weighted by Gasteiger charge is -2.10. The maximum absolute atomic E-state index is 12.8. The van der Waals surface area contributed by atoms with E-state index in [1.54, 1.807) is 41.8 Å². The number of aromatic hydroxyl groups is 1. The van der Waals surface area contributed by atoms with E-state index >= 15 is 0 Å². The predicted octanol–water partition coefficient (Wildman–Crippen LogP) is 4.74. The zero-order valence-corrected chi connectivity index (χ0v) is 15.9. The highest BCUT2D eigenvalue weighted by Crippen LogP contribution is 2.30. The van der Waals surface area contributed by atoms with Crippen LogP contribution in [0.4, 0.5) is 0 Å². The summed E-state index contributed by atoms with van der Waals surface area (Å²) >= 11 is 1.56. The minimum atomic E-state index is -0.333. The number of amides is 1. The van der Waals surface area contributed by atoms with Gasteiger partial charge in [-0.15, -0.1) is 11.3 Å². The average molecular weight is 387 g/mol. The molecule has 0 radical (unpaired) electrons. The maximum atomic E-state index is 12.8. The van der Waals surface area contributed by atoms with Gasteiger partial charge in [-0.2, -0.15) is 5.10 Å². The number of benzene rings is 2. The van der Waals surface area contributed by atoms with Crippen molar-refractivity contribution < 1.29 is 9.90 Å². The van der Waals surface area contributed by atoms with Gasteiger partial charge >= 0.3 is 0 Å². The zero-order valence-electron chi connectivity index (χ0n) is 15.1. The normalized spacial score (nSPS) is 11.2. The molecule has 28 heavy (non-hydrogen) atoms. The van der Waals surface area contributed by atoms with Crippen molar-refractivity contribution in [2.75, 3.05) is 0 Å². The van der Waals surface area contributed by atoms with E-state index in [0.717, 1.165) is 15.8 Å². The molecule has 0 aliphatic heterocycles. The Balaban J connectivity index is 1.73. The van der Waals surface area contributed by atoms with Crippen LogP contribution < -0.4 is 5.43 Å². The molecule has 0 fully saturated rings. The van der Waals surface area contributed by atoms with E-state index < -0.39 is 0 Å². The van der Waals surface area contributed by atoms with Gasteiger partial charge in [0.25, 0.3) is 5.91 Å². The second kappa shape index (κ2) is 7.62. The van der Waals surface area contributed by atoms with Gasteiger partial charge in [-0.25, -0.2) is 10.4 Å². The fraction of sp³-hybridized carbons (Fsp3) is 0.0455. The maximum Gasteiger partial charge on any atom is 0.272 e. The molecule has 0 bridgehead atoms. The quantitative estimate of drug-likeness (QED) is 0.392. The highest BCUT2D eigenvalue weighted by Gasteiger charge is 2.15. The number of pyridine rings is 1. The van der Waals surface area contributed by atoms with Crippen molar-refractivity contribution in [3.8, 4) is 17.0 Å². The van der Waals surface area contributed by atoms with E-state index in [1.165, 1.54) is 0 Å². The predicted molar refractivity (Wildman–Crippen MR) is 113 cm³/mol. The van der Waals surface area contributed by atoms with Gasteiger partial charge in [-0.05, 0) is 48.2 Å². The number of aryl methyl sites for hydroxylation is 1. The molecule has 5 nitrogen and oxygen atoms in total. The van der Waals surface area contributed by atoms with Gasteiger partial charge in [0.05, 0.1) is 23.0 Å². The molecule has 0 aliphatic carbocycles. The molecule has 1 amide bonds. The minimum absolute atomic E-state index is 0.114. The first-order chi connectivity index (χ1) is 13.6. The van der Waals surface area contributed by atoms with E-state index in [1.807, 2.05) is 48.7 Å². The minimum Gasteiger partial charge on any atom is -0.507 e. The number of hydrazone groups is 1. The van der Waals surface area contributed by atoms with E-state index in [9.17, 15) is 9.90 Å². The molecule has 0 saturated carbocycles. The Morgan fingerprint density at radius 1 is 1.14 bits per heavy atom. The number of hydrogen-bond acceptors (Lipinski definition) is 5. The van der Waals surface area contributed by atoms with Crippen LogP contribution in [0, 0.1) is 6.92 Å². The molecule has 0 aliphatic rings. The van der Waals surface area contributed by atoms with Crippen LogP contribution in [0.25, 0.3) is 22.2 Å². The molecule has 2 heterocycles. The molecular weight excluding hydrogens is 370 g/mol. The number of carbonyl (C=O) groups is 1. The van der Waals surface area contributed by atoms with E-state index in [-0.39, 0.29) is 11.7 Å². The molecule has 2 aromatic heterocycles. The van der Waals surface area contributed by atoms with Crippen LogP contribution >= 0.6 is 11.3 Å². The van der Waals surface area contributed by atoms with Crippen molar-refractivity contribution in [3.63, 3.8) is 0 Å². The van der Waals surface area contributed by atoms with Gasteiger partial charge in [-0.1, -0.05) is 30.3 Å². The summed E-state index contributed by atoms with van der Waals surface area (Å²) in [5, 5.41) is 17.0. The third-order valence-electron chi connectivity index (χ3n) is 4.39. The molecule has 0 spiro atoms. The van der Waals surface area contributed by atoms with Crippen molar-refractivity contribution in [1.82, 2.24) is 10.4 Å². The summed E-state index contributed by atoms with van der Waals surface area (Å²) in [6, 6.07) is 18.0. The monoisotopic (exact) mass is 387 g/mol. The number of nitrogens with one attached hydrogen (secondary N) is 1. The van der Waals surface area contributed by atoms with E-state index in [2.05, 4.69) is 15.5 Å². The molecule has 0 atom stereocenters. The molecule has 4 aromatic rings. The smallest absolute Gasteiger partial charge is 0.272 e. The molecule has 0 saturated heterocycles. The van der Waals surface area contributed by atoms with Gasteiger partial charge < -0.3 is 5.11 Å². The number of hydrogen-bond donors (Lipinski definition) is 2. The van der Waals surface area contributed by atoms with Gasteiger partial charge in [0.2, 0.25) is 0 Å². The Morgan fingerprint density at radius 2 is 1.93 bits per heavy atom. The Labute approximate surface area is 166 Å². The highest BCUT2D eigenvalue weighted by atomic mass is 32.1. The second-order valence-electron chi connectivity index (χ2n) is 6.26.